The summed E-state index contributed by atoms with van der Waals surface area (Å²) in [4.78, 5) is 12.9. The lowest BCUT2D eigenvalue weighted by Crippen LogP contribution is -2.41. The highest BCUT2D eigenvalue weighted by molar-refractivity contribution is 7.89. The first-order valence-electron chi connectivity index (χ1n) is 8.13. The van der Waals surface area contributed by atoms with E-state index in [0.717, 1.165) is 18.2 Å². The number of carbonyl (C=O) groups excluding carboxylic acids is 1. The molecule has 3 rings (SSSR count). The fourth-order valence-corrected chi connectivity index (χ4v) is 4.20. The standard InChI is InChI=1S/C17H18F2N2O4S/c18-14-2-1-3-15(19)16(14)26(23,24)20-10-12-4-7-21(8-5-12)17(22)13-6-9-25-11-13/h1-3,6,9,11-12,20H,4-5,7-8,10H2. The molecule has 2 heterocycles. The van der Waals surface area contributed by atoms with Gasteiger partial charge in [0.2, 0.25) is 10.0 Å². The van der Waals surface area contributed by atoms with Crippen LogP contribution in [0.2, 0.25) is 0 Å². The van der Waals surface area contributed by atoms with Crippen LogP contribution in [0.5, 0.6) is 0 Å². The maximum absolute atomic E-state index is 13.7. The minimum atomic E-state index is -4.28. The van der Waals surface area contributed by atoms with Crippen LogP contribution in [0.3, 0.4) is 0 Å². The van der Waals surface area contributed by atoms with Gasteiger partial charge in [0.1, 0.15) is 17.9 Å². The molecule has 2 aromatic rings. The Bertz CT molecular complexity index is 856. The quantitative estimate of drug-likeness (QED) is 0.859. The van der Waals surface area contributed by atoms with Crippen molar-refractivity contribution in [2.75, 3.05) is 19.6 Å². The molecule has 0 atom stereocenters. The number of hydrogen-bond donors (Lipinski definition) is 1. The minimum Gasteiger partial charge on any atom is -0.472 e. The smallest absolute Gasteiger partial charge is 0.257 e. The van der Waals surface area contributed by atoms with Gasteiger partial charge in [-0.1, -0.05) is 6.07 Å². The normalized spacial score (nSPS) is 16.0. The Morgan fingerprint density at radius 1 is 1.19 bits per heavy atom. The third-order valence-corrected chi connectivity index (χ3v) is 5.89. The van der Waals surface area contributed by atoms with E-state index >= 15 is 0 Å². The fraction of sp³-hybridized carbons (Fsp3) is 0.353. The number of halogens is 2. The summed E-state index contributed by atoms with van der Waals surface area (Å²) in [5.41, 5.74) is 0.471. The van der Waals surface area contributed by atoms with Crippen LogP contribution in [0.1, 0.15) is 23.2 Å². The van der Waals surface area contributed by atoms with Crippen molar-refractivity contribution in [1.82, 2.24) is 9.62 Å². The first-order valence-corrected chi connectivity index (χ1v) is 9.62. The Morgan fingerprint density at radius 2 is 1.85 bits per heavy atom. The zero-order valence-corrected chi connectivity index (χ0v) is 14.6. The molecule has 1 aliphatic rings. The second-order valence-electron chi connectivity index (χ2n) is 6.15. The lowest BCUT2D eigenvalue weighted by atomic mass is 9.97. The van der Waals surface area contributed by atoms with Crippen LogP contribution in [0.25, 0.3) is 0 Å². The van der Waals surface area contributed by atoms with Gasteiger partial charge in [0.15, 0.2) is 4.90 Å². The van der Waals surface area contributed by atoms with Crippen molar-refractivity contribution in [2.24, 2.45) is 5.92 Å². The van der Waals surface area contributed by atoms with Crippen molar-refractivity contribution >= 4 is 15.9 Å². The number of nitrogens with zero attached hydrogens (tertiary/aromatic N) is 1. The molecule has 1 aromatic carbocycles. The van der Waals surface area contributed by atoms with E-state index in [1.54, 1.807) is 11.0 Å². The zero-order chi connectivity index (χ0) is 18.7. The maximum Gasteiger partial charge on any atom is 0.257 e. The van der Waals surface area contributed by atoms with E-state index in [2.05, 4.69) is 4.72 Å². The summed E-state index contributed by atoms with van der Waals surface area (Å²) in [7, 11) is -4.28. The highest BCUT2D eigenvalue weighted by Crippen LogP contribution is 2.21. The van der Waals surface area contributed by atoms with Crippen LogP contribution in [0.4, 0.5) is 8.78 Å². The summed E-state index contributed by atoms with van der Waals surface area (Å²) in [6.45, 7) is 1.01. The molecule has 1 fully saturated rings. The van der Waals surface area contributed by atoms with Gasteiger partial charge in [0.25, 0.3) is 5.91 Å². The third-order valence-electron chi connectivity index (χ3n) is 4.42. The summed E-state index contributed by atoms with van der Waals surface area (Å²) in [6.07, 6.45) is 3.99. The molecule has 0 saturated carbocycles. The Balaban J connectivity index is 1.56. The van der Waals surface area contributed by atoms with Crippen molar-refractivity contribution in [3.63, 3.8) is 0 Å². The van der Waals surface area contributed by atoms with Crippen molar-refractivity contribution in [3.8, 4) is 0 Å². The van der Waals surface area contributed by atoms with Crippen molar-refractivity contribution in [2.45, 2.75) is 17.7 Å². The number of sulfonamides is 1. The van der Waals surface area contributed by atoms with Gasteiger partial charge < -0.3 is 9.32 Å². The lowest BCUT2D eigenvalue weighted by Gasteiger charge is -2.31. The molecule has 1 aliphatic heterocycles. The highest BCUT2D eigenvalue weighted by Gasteiger charge is 2.27. The van der Waals surface area contributed by atoms with Gasteiger partial charge in [0.05, 0.1) is 11.8 Å². The van der Waals surface area contributed by atoms with E-state index in [1.165, 1.54) is 12.5 Å². The molecule has 1 amide bonds. The summed E-state index contributed by atoms with van der Waals surface area (Å²) in [5, 5.41) is 0. The molecule has 6 nitrogen and oxygen atoms in total. The number of piperidine rings is 1. The number of nitrogens with one attached hydrogen (secondary N) is 1. The Morgan fingerprint density at radius 3 is 2.42 bits per heavy atom. The van der Waals surface area contributed by atoms with Crippen LogP contribution >= 0.6 is 0 Å². The first-order chi connectivity index (χ1) is 12.4. The number of likely N-dealkylation sites (tertiary alicyclic amines) is 1. The van der Waals surface area contributed by atoms with E-state index in [1.807, 2.05) is 0 Å². The van der Waals surface area contributed by atoms with Crippen molar-refractivity contribution < 1.29 is 26.4 Å². The molecule has 1 saturated heterocycles. The monoisotopic (exact) mass is 384 g/mol. The second-order valence-corrected chi connectivity index (χ2v) is 7.85. The van der Waals surface area contributed by atoms with E-state index < -0.39 is 26.6 Å². The Hall–Kier alpha value is -2.26. The largest absolute Gasteiger partial charge is 0.472 e. The molecule has 9 heteroatoms. The topological polar surface area (TPSA) is 79.6 Å². The molecule has 1 N–H and O–H groups in total. The number of rotatable bonds is 5. The van der Waals surface area contributed by atoms with Crippen LogP contribution in [0.15, 0.2) is 46.1 Å². The van der Waals surface area contributed by atoms with Gasteiger partial charge >= 0.3 is 0 Å². The second kappa shape index (κ2) is 7.55. The maximum atomic E-state index is 13.7. The molecule has 0 bridgehead atoms. The van der Waals surface area contributed by atoms with Crippen molar-refractivity contribution in [1.29, 1.82) is 0 Å². The minimum absolute atomic E-state index is 0.0204. The Labute approximate surface area is 149 Å². The molecule has 26 heavy (non-hydrogen) atoms. The van der Waals surface area contributed by atoms with Crippen LogP contribution < -0.4 is 4.72 Å². The van der Waals surface area contributed by atoms with Gasteiger partial charge in [-0.15, -0.1) is 0 Å². The van der Waals surface area contributed by atoms with Crippen LogP contribution in [0, 0.1) is 17.6 Å². The van der Waals surface area contributed by atoms with Crippen molar-refractivity contribution in [3.05, 3.63) is 54.0 Å². The number of furan rings is 1. The van der Waals surface area contributed by atoms with E-state index in [-0.39, 0.29) is 18.4 Å². The predicted octanol–water partition coefficient (Wildman–Crippen LogP) is 2.39. The Kier molecular flexibility index (Phi) is 5.38. The summed E-state index contributed by atoms with van der Waals surface area (Å²) in [6, 6.07) is 4.50. The number of carbonyl (C=O) groups is 1. The molecule has 0 radical (unpaired) electrons. The molecular weight excluding hydrogens is 366 g/mol. The molecule has 0 aliphatic carbocycles. The molecular formula is C17H18F2N2O4S. The van der Waals surface area contributed by atoms with Gasteiger partial charge in [-0.05, 0) is 37.0 Å². The number of benzene rings is 1. The van der Waals surface area contributed by atoms with E-state index in [4.69, 9.17) is 4.42 Å². The average Bonchev–Trinajstić information content (AvgIpc) is 3.14. The third kappa shape index (κ3) is 3.94. The van der Waals surface area contributed by atoms with Gasteiger partial charge in [-0.2, -0.15) is 0 Å². The summed E-state index contributed by atoms with van der Waals surface area (Å²) in [5.74, 6) is -2.41. The predicted molar refractivity (Wildman–Crippen MR) is 88.9 cm³/mol. The zero-order valence-electron chi connectivity index (χ0n) is 13.8. The summed E-state index contributed by atoms with van der Waals surface area (Å²) >= 11 is 0. The molecule has 140 valence electrons. The van der Waals surface area contributed by atoms with Gasteiger partial charge in [-0.25, -0.2) is 21.9 Å². The van der Waals surface area contributed by atoms with Crippen LogP contribution in [-0.2, 0) is 10.0 Å². The molecule has 0 unspecified atom stereocenters. The van der Waals surface area contributed by atoms with Crippen LogP contribution in [-0.4, -0.2) is 38.9 Å². The number of hydrogen-bond acceptors (Lipinski definition) is 4. The van der Waals surface area contributed by atoms with E-state index in [9.17, 15) is 22.0 Å². The summed E-state index contributed by atoms with van der Waals surface area (Å²) < 4.78 is 58.9. The molecule has 1 aromatic heterocycles. The van der Waals surface area contributed by atoms with E-state index in [0.29, 0.717) is 31.5 Å². The van der Waals surface area contributed by atoms with Gasteiger partial charge in [0, 0.05) is 19.6 Å². The highest BCUT2D eigenvalue weighted by atomic mass is 32.2. The first kappa shape index (κ1) is 18.5. The SMILES string of the molecule is O=C(c1ccoc1)N1CCC(CNS(=O)(=O)c2c(F)cccc2F)CC1. The lowest BCUT2D eigenvalue weighted by molar-refractivity contribution is 0.0691. The fourth-order valence-electron chi connectivity index (χ4n) is 2.95. The average molecular weight is 384 g/mol. The van der Waals surface area contributed by atoms with Gasteiger partial charge in [-0.3, -0.25) is 4.79 Å². The molecule has 0 spiro atoms. The number of amides is 1.